The number of anilines is 1. The van der Waals surface area contributed by atoms with Crippen molar-refractivity contribution in [2.24, 2.45) is 0 Å². The first-order chi connectivity index (χ1) is 17.2. The largest absolute Gasteiger partial charge is 0.302 e. The van der Waals surface area contributed by atoms with Gasteiger partial charge in [-0.25, -0.2) is 13.4 Å². The molecule has 4 rings (SSSR count). The number of sulfonamides is 1. The third kappa shape index (κ3) is 6.64. The molecule has 1 aliphatic rings. The van der Waals surface area contributed by atoms with Crippen LogP contribution < -0.4 is 4.90 Å². The molecule has 0 saturated carbocycles. The van der Waals surface area contributed by atoms with Crippen LogP contribution in [0.5, 0.6) is 0 Å². The number of piperidine rings is 1. The number of rotatable bonds is 9. The highest BCUT2D eigenvalue weighted by atomic mass is 35.5. The average Bonchev–Trinajstić information content (AvgIpc) is 3.31. The standard InChI is InChI=1S/C26H33ClN4O3S2.ClH/c1-4-29(5-2)15-16-31(26-28-24-19(3)17-21(27)18-23(24)35-26)25(32)20-9-11-22(12-10-20)36(33,34)30-13-7-6-8-14-30;/h9-12,17-18H,4-8,13-16H2,1-3H3;1H. The van der Waals surface area contributed by atoms with E-state index in [0.29, 0.717) is 41.9 Å². The van der Waals surface area contributed by atoms with E-state index in [2.05, 4.69) is 18.7 Å². The number of hydrogen-bond acceptors (Lipinski definition) is 6. The number of halogens is 2. The van der Waals surface area contributed by atoms with Gasteiger partial charge in [-0.05, 0) is 74.8 Å². The number of benzene rings is 2. The summed E-state index contributed by atoms with van der Waals surface area (Å²) in [5.41, 5.74) is 2.23. The van der Waals surface area contributed by atoms with Crippen LogP contribution in [0.2, 0.25) is 5.02 Å². The quantitative estimate of drug-likeness (QED) is 0.315. The lowest BCUT2D eigenvalue weighted by Crippen LogP contribution is -2.39. The number of carbonyl (C=O) groups is 1. The van der Waals surface area contributed by atoms with E-state index in [1.807, 2.05) is 19.1 Å². The summed E-state index contributed by atoms with van der Waals surface area (Å²) >= 11 is 7.70. The predicted octanol–water partition coefficient (Wildman–Crippen LogP) is 5.84. The molecular weight excluding hydrogens is 551 g/mol. The zero-order valence-electron chi connectivity index (χ0n) is 21.4. The van der Waals surface area contributed by atoms with Crippen LogP contribution in [-0.4, -0.2) is 67.8 Å². The van der Waals surface area contributed by atoms with E-state index in [9.17, 15) is 13.2 Å². The van der Waals surface area contributed by atoms with Crippen molar-refractivity contribution >= 4 is 66.6 Å². The van der Waals surface area contributed by atoms with Gasteiger partial charge in [0.05, 0.1) is 15.1 Å². The van der Waals surface area contributed by atoms with Crippen molar-refractivity contribution in [1.82, 2.24) is 14.2 Å². The molecule has 0 atom stereocenters. The van der Waals surface area contributed by atoms with Gasteiger partial charge in [0.2, 0.25) is 10.0 Å². The summed E-state index contributed by atoms with van der Waals surface area (Å²) < 4.78 is 28.5. The molecule has 1 aromatic heterocycles. The molecular formula is C26H34Cl2N4O3S2. The molecule has 0 radical (unpaired) electrons. The van der Waals surface area contributed by atoms with E-state index in [1.165, 1.54) is 15.6 Å². The molecule has 202 valence electrons. The fraction of sp³-hybridized carbons (Fsp3) is 0.462. The first-order valence-corrected chi connectivity index (χ1v) is 15.1. The smallest absolute Gasteiger partial charge is 0.260 e. The van der Waals surface area contributed by atoms with Gasteiger partial charge in [0, 0.05) is 36.8 Å². The van der Waals surface area contributed by atoms with E-state index in [1.54, 1.807) is 29.2 Å². The minimum atomic E-state index is -3.55. The molecule has 1 amide bonds. The van der Waals surface area contributed by atoms with Crippen LogP contribution in [0.4, 0.5) is 5.13 Å². The van der Waals surface area contributed by atoms with E-state index >= 15 is 0 Å². The highest BCUT2D eigenvalue weighted by Gasteiger charge is 2.27. The maximum absolute atomic E-state index is 13.7. The summed E-state index contributed by atoms with van der Waals surface area (Å²) in [6.07, 6.45) is 2.81. The van der Waals surface area contributed by atoms with Crippen molar-refractivity contribution in [3.63, 3.8) is 0 Å². The zero-order valence-corrected chi connectivity index (χ0v) is 24.6. The first kappa shape index (κ1) is 29.8. The highest BCUT2D eigenvalue weighted by molar-refractivity contribution is 7.89. The van der Waals surface area contributed by atoms with Gasteiger partial charge in [0.15, 0.2) is 5.13 Å². The Hall–Kier alpha value is -1.75. The second-order valence-electron chi connectivity index (χ2n) is 9.04. The van der Waals surface area contributed by atoms with Crippen LogP contribution in [0.1, 0.15) is 49.0 Å². The van der Waals surface area contributed by atoms with Gasteiger partial charge in [0.1, 0.15) is 0 Å². The lowest BCUT2D eigenvalue weighted by Gasteiger charge is -2.26. The Morgan fingerprint density at radius 1 is 1.05 bits per heavy atom. The fourth-order valence-corrected chi connectivity index (χ4v) is 7.46. The molecule has 37 heavy (non-hydrogen) atoms. The Morgan fingerprint density at radius 3 is 2.32 bits per heavy atom. The molecule has 0 N–H and O–H groups in total. The molecule has 1 fully saturated rings. The molecule has 11 heteroatoms. The molecule has 0 bridgehead atoms. The average molecular weight is 586 g/mol. The lowest BCUT2D eigenvalue weighted by atomic mass is 10.2. The van der Waals surface area contributed by atoms with E-state index in [0.717, 1.165) is 48.1 Å². The molecule has 1 aliphatic heterocycles. The van der Waals surface area contributed by atoms with Crippen molar-refractivity contribution in [3.05, 3.63) is 52.5 Å². The Morgan fingerprint density at radius 2 is 1.70 bits per heavy atom. The summed E-state index contributed by atoms with van der Waals surface area (Å²) in [6, 6.07) is 10.1. The highest BCUT2D eigenvalue weighted by Crippen LogP contribution is 2.34. The third-order valence-corrected chi connectivity index (χ3v) is 9.86. The van der Waals surface area contributed by atoms with Crippen LogP contribution in [0.15, 0.2) is 41.3 Å². The van der Waals surface area contributed by atoms with Crippen LogP contribution in [0.25, 0.3) is 10.2 Å². The maximum Gasteiger partial charge on any atom is 0.260 e. The monoisotopic (exact) mass is 584 g/mol. The third-order valence-electron chi connectivity index (χ3n) is 6.70. The van der Waals surface area contributed by atoms with Gasteiger partial charge in [-0.15, -0.1) is 12.4 Å². The maximum atomic E-state index is 13.7. The number of fused-ring (bicyclic) bond motifs is 1. The van der Waals surface area contributed by atoms with Crippen molar-refractivity contribution in [2.75, 3.05) is 44.2 Å². The summed E-state index contributed by atoms with van der Waals surface area (Å²) in [5.74, 6) is -0.202. The first-order valence-electron chi connectivity index (χ1n) is 12.5. The van der Waals surface area contributed by atoms with Gasteiger partial charge < -0.3 is 4.90 Å². The number of thiazole rings is 1. The van der Waals surface area contributed by atoms with Crippen molar-refractivity contribution in [2.45, 2.75) is 44.9 Å². The van der Waals surface area contributed by atoms with Crippen LogP contribution in [0.3, 0.4) is 0 Å². The lowest BCUT2D eigenvalue weighted by molar-refractivity contribution is 0.0983. The molecule has 2 heterocycles. The molecule has 2 aromatic carbocycles. The molecule has 1 saturated heterocycles. The normalized spacial score (nSPS) is 14.6. The van der Waals surface area contributed by atoms with Gasteiger partial charge in [-0.2, -0.15) is 4.31 Å². The van der Waals surface area contributed by atoms with E-state index in [4.69, 9.17) is 16.6 Å². The number of amides is 1. The van der Waals surface area contributed by atoms with Crippen LogP contribution in [0, 0.1) is 6.92 Å². The zero-order chi connectivity index (χ0) is 25.9. The minimum absolute atomic E-state index is 0. The summed E-state index contributed by atoms with van der Waals surface area (Å²) in [4.78, 5) is 22.7. The van der Waals surface area contributed by atoms with Gasteiger partial charge in [0.25, 0.3) is 5.91 Å². The van der Waals surface area contributed by atoms with Crippen LogP contribution in [-0.2, 0) is 10.0 Å². The Labute approximate surface area is 234 Å². The Balaban J connectivity index is 0.00000380. The summed E-state index contributed by atoms with van der Waals surface area (Å²) in [5, 5.41) is 1.25. The molecule has 7 nitrogen and oxygen atoms in total. The number of carbonyl (C=O) groups excluding carboxylic acids is 1. The fourth-order valence-electron chi connectivity index (χ4n) is 4.50. The topological polar surface area (TPSA) is 73.8 Å². The molecule has 0 aliphatic carbocycles. The Kier molecular flexibility index (Phi) is 10.4. The van der Waals surface area contributed by atoms with Gasteiger partial charge in [-0.3, -0.25) is 9.69 Å². The molecule has 0 spiro atoms. The van der Waals surface area contributed by atoms with Crippen molar-refractivity contribution in [1.29, 1.82) is 0 Å². The second-order valence-corrected chi connectivity index (χ2v) is 12.4. The summed E-state index contributed by atoms with van der Waals surface area (Å²) in [6.45, 7) is 10.2. The van der Waals surface area contributed by atoms with E-state index < -0.39 is 10.0 Å². The SMILES string of the molecule is CCN(CC)CCN(C(=O)c1ccc(S(=O)(=O)N2CCCCC2)cc1)c1nc2c(C)cc(Cl)cc2s1.Cl. The number of likely N-dealkylation sites (N-methyl/N-ethyl adjacent to an activating group) is 1. The van der Waals surface area contributed by atoms with Crippen molar-refractivity contribution in [3.8, 4) is 0 Å². The number of nitrogens with zero attached hydrogens (tertiary/aromatic N) is 4. The van der Waals surface area contributed by atoms with Crippen molar-refractivity contribution < 1.29 is 13.2 Å². The Bertz CT molecular complexity index is 1320. The number of hydrogen-bond donors (Lipinski definition) is 0. The molecule has 3 aromatic rings. The van der Waals surface area contributed by atoms with Crippen LogP contribution >= 0.6 is 35.3 Å². The predicted molar refractivity (Wildman–Crippen MR) is 155 cm³/mol. The van der Waals surface area contributed by atoms with E-state index in [-0.39, 0.29) is 23.2 Å². The number of aromatic nitrogens is 1. The second kappa shape index (κ2) is 12.9. The van der Waals surface area contributed by atoms with Gasteiger partial charge >= 0.3 is 0 Å². The molecule has 0 unspecified atom stereocenters. The minimum Gasteiger partial charge on any atom is -0.302 e. The van der Waals surface area contributed by atoms with Gasteiger partial charge in [-0.1, -0.05) is 43.2 Å². The number of aryl methyl sites for hydroxylation is 1. The summed E-state index contributed by atoms with van der Waals surface area (Å²) in [7, 11) is -3.55.